The third kappa shape index (κ3) is 7.98. The summed E-state index contributed by atoms with van der Waals surface area (Å²) in [4.78, 5) is 24.7. The molecule has 1 atom stereocenters. The number of nitrogens with zero attached hydrogens (tertiary/aromatic N) is 1. The van der Waals surface area contributed by atoms with Crippen LogP contribution in [0.3, 0.4) is 0 Å². The van der Waals surface area contributed by atoms with Crippen LogP contribution in [0.2, 0.25) is 0 Å². The lowest BCUT2D eigenvalue weighted by molar-refractivity contribution is -0.138. The minimum Gasteiger partial charge on any atom is -0.480 e. The van der Waals surface area contributed by atoms with Crippen molar-refractivity contribution in [1.29, 1.82) is 0 Å². The van der Waals surface area contributed by atoms with Gasteiger partial charge in [-0.25, -0.2) is 0 Å². The molecule has 0 aliphatic heterocycles. The number of Topliss-reactive ketones (excluding diaryl/α,β-unsaturated/α-hetero) is 1. The fraction of sp³-hybridized carbons (Fsp3) is 0.500. The van der Waals surface area contributed by atoms with Crippen LogP contribution in [0.4, 0.5) is 0 Å². The van der Waals surface area contributed by atoms with Gasteiger partial charge in [0.1, 0.15) is 16.1 Å². The maximum absolute atomic E-state index is 11.9. The first-order valence-corrected chi connectivity index (χ1v) is 9.76. The van der Waals surface area contributed by atoms with Gasteiger partial charge in [0.2, 0.25) is 0 Å². The Bertz CT molecular complexity index is 586. The molecule has 3 N–H and O–H groups in total. The van der Waals surface area contributed by atoms with Gasteiger partial charge in [0.05, 0.1) is 0 Å². The summed E-state index contributed by atoms with van der Waals surface area (Å²) in [5.41, 5.74) is 7.49. The molecule has 0 saturated carbocycles. The Morgan fingerprint density at radius 2 is 1.76 bits per heavy atom. The number of aliphatic carboxylic acids is 1. The van der Waals surface area contributed by atoms with Crippen LogP contribution in [0.1, 0.15) is 37.8 Å². The van der Waals surface area contributed by atoms with Crippen LogP contribution < -0.4 is 5.73 Å². The van der Waals surface area contributed by atoms with Gasteiger partial charge < -0.3 is 15.7 Å². The molecule has 7 heteroatoms. The number of carboxylic acid groups (broad SMARTS) is 1. The zero-order valence-corrected chi connectivity index (χ0v) is 16.4. The highest BCUT2D eigenvalue weighted by Gasteiger charge is 2.13. The Labute approximate surface area is 159 Å². The molecule has 25 heavy (non-hydrogen) atoms. The fourth-order valence-corrected chi connectivity index (χ4v) is 3.59. The first-order valence-electron chi connectivity index (χ1n) is 8.36. The molecule has 1 rings (SSSR count). The number of thioether (sulfide) groups is 1. The summed E-state index contributed by atoms with van der Waals surface area (Å²) < 4.78 is 0.902. The fourth-order valence-electron chi connectivity index (χ4n) is 2.23. The Hall–Kier alpha value is -1.44. The topological polar surface area (TPSA) is 83.6 Å². The molecule has 138 valence electrons. The maximum atomic E-state index is 11.9. The van der Waals surface area contributed by atoms with Gasteiger partial charge in [-0.05, 0) is 31.4 Å². The van der Waals surface area contributed by atoms with Crippen LogP contribution >= 0.6 is 24.0 Å². The number of carboxylic acids is 1. The van der Waals surface area contributed by atoms with Gasteiger partial charge >= 0.3 is 5.97 Å². The number of carbonyl (C=O) groups excluding carboxylic acids is 1. The van der Waals surface area contributed by atoms with Crippen LogP contribution in [0, 0.1) is 0 Å². The highest BCUT2D eigenvalue weighted by Crippen LogP contribution is 2.17. The van der Waals surface area contributed by atoms with Crippen LogP contribution in [-0.2, 0) is 21.8 Å². The van der Waals surface area contributed by atoms with Crippen molar-refractivity contribution in [3.8, 4) is 0 Å². The second kappa shape index (κ2) is 11.2. The monoisotopic (exact) mass is 382 g/mol. The lowest BCUT2D eigenvalue weighted by Crippen LogP contribution is -2.30. The average molecular weight is 383 g/mol. The van der Waals surface area contributed by atoms with E-state index in [0.717, 1.165) is 34.3 Å². The predicted molar refractivity (Wildman–Crippen MR) is 107 cm³/mol. The molecule has 0 aliphatic rings. The van der Waals surface area contributed by atoms with Crippen molar-refractivity contribution in [1.82, 2.24) is 4.90 Å². The van der Waals surface area contributed by atoms with Crippen molar-refractivity contribution in [3.05, 3.63) is 35.4 Å². The van der Waals surface area contributed by atoms with Crippen molar-refractivity contribution in [2.75, 3.05) is 13.1 Å². The normalized spacial score (nSPS) is 11.8. The van der Waals surface area contributed by atoms with Crippen molar-refractivity contribution >= 4 is 40.1 Å². The lowest BCUT2D eigenvalue weighted by atomic mass is 10.0. The van der Waals surface area contributed by atoms with Gasteiger partial charge in [0, 0.05) is 31.7 Å². The molecule has 0 spiro atoms. The van der Waals surface area contributed by atoms with Crippen LogP contribution in [0.15, 0.2) is 24.3 Å². The number of hydrogen-bond donors (Lipinski definition) is 2. The maximum Gasteiger partial charge on any atom is 0.320 e. The van der Waals surface area contributed by atoms with Crippen LogP contribution in [0.25, 0.3) is 0 Å². The highest BCUT2D eigenvalue weighted by atomic mass is 32.2. The standard InChI is InChI=1S/C18H26N2O3S2/c1-3-20(4-2)18(24)25-12-14-7-5-13(6-8-14)11-15(21)9-10-16(19)17(22)23/h5-8,16H,3-4,9-12,19H2,1-2H3,(H,22,23)/t16-/m0/s1. The summed E-state index contributed by atoms with van der Waals surface area (Å²) in [6, 6.07) is 6.90. The summed E-state index contributed by atoms with van der Waals surface area (Å²) >= 11 is 7.06. The molecule has 0 amide bonds. The Morgan fingerprint density at radius 3 is 2.28 bits per heavy atom. The third-order valence-corrected chi connectivity index (χ3v) is 5.45. The van der Waals surface area contributed by atoms with E-state index in [0.29, 0.717) is 6.42 Å². The Kier molecular flexibility index (Phi) is 9.70. The average Bonchev–Trinajstić information content (AvgIpc) is 2.60. The zero-order chi connectivity index (χ0) is 18.8. The molecule has 0 aliphatic carbocycles. The summed E-state index contributed by atoms with van der Waals surface area (Å²) in [5, 5.41) is 8.72. The van der Waals surface area contributed by atoms with Gasteiger partial charge in [-0.1, -0.05) is 48.2 Å². The third-order valence-electron chi connectivity index (χ3n) is 3.86. The van der Waals surface area contributed by atoms with E-state index >= 15 is 0 Å². The summed E-state index contributed by atoms with van der Waals surface area (Å²) in [6.45, 7) is 6.00. The summed E-state index contributed by atoms with van der Waals surface area (Å²) in [6.07, 6.45) is 0.659. The van der Waals surface area contributed by atoms with Gasteiger partial charge in [0.25, 0.3) is 0 Å². The second-order valence-corrected chi connectivity index (χ2v) is 7.35. The number of hydrogen-bond acceptors (Lipinski definition) is 5. The van der Waals surface area contributed by atoms with E-state index in [4.69, 9.17) is 23.1 Å². The number of carbonyl (C=O) groups is 2. The van der Waals surface area contributed by atoms with E-state index in [-0.39, 0.29) is 18.6 Å². The number of nitrogens with two attached hydrogens (primary N) is 1. The van der Waals surface area contributed by atoms with Crippen LogP contribution in [0.5, 0.6) is 0 Å². The molecule has 5 nitrogen and oxygen atoms in total. The smallest absolute Gasteiger partial charge is 0.320 e. The van der Waals surface area contributed by atoms with Gasteiger partial charge in [-0.3, -0.25) is 9.59 Å². The van der Waals surface area contributed by atoms with Crippen LogP contribution in [-0.4, -0.2) is 45.2 Å². The highest BCUT2D eigenvalue weighted by molar-refractivity contribution is 8.22. The van der Waals surface area contributed by atoms with E-state index in [1.807, 2.05) is 24.3 Å². The van der Waals surface area contributed by atoms with Gasteiger partial charge in [-0.15, -0.1) is 0 Å². The zero-order valence-electron chi connectivity index (χ0n) is 14.7. The Morgan fingerprint density at radius 1 is 1.20 bits per heavy atom. The molecule has 0 heterocycles. The first kappa shape index (κ1) is 21.6. The summed E-state index contributed by atoms with van der Waals surface area (Å²) in [7, 11) is 0. The van der Waals surface area contributed by atoms with E-state index in [9.17, 15) is 9.59 Å². The summed E-state index contributed by atoms with van der Waals surface area (Å²) in [5.74, 6) is -0.268. The number of thiocarbonyl (C=S) groups is 1. The minimum absolute atomic E-state index is 0.00142. The SMILES string of the molecule is CCN(CC)C(=S)SCc1ccc(CC(=O)CC[C@H](N)C(=O)O)cc1. The second-order valence-electron chi connectivity index (χ2n) is 5.74. The Balaban J connectivity index is 2.44. The molecule has 0 fully saturated rings. The predicted octanol–water partition coefficient (Wildman–Crippen LogP) is 2.85. The molecule has 0 aromatic heterocycles. The minimum atomic E-state index is -1.07. The van der Waals surface area contributed by atoms with E-state index in [2.05, 4.69) is 18.7 Å². The van der Waals surface area contributed by atoms with E-state index in [1.165, 1.54) is 0 Å². The molecule has 1 aromatic carbocycles. The van der Waals surface area contributed by atoms with E-state index in [1.54, 1.807) is 11.8 Å². The number of rotatable bonds is 10. The first-order chi connectivity index (χ1) is 11.9. The molecule has 1 aromatic rings. The molecule has 0 radical (unpaired) electrons. The van der Waals surface area contributed by atoms with Crippen molar-refractivity contribution in [2.24, 2.45) is 5.73 Å². The number of benzene rings is 1. The lowest BCUT2D eigenvalue weighted by Gasteiger charge is -2.20. The molecular weight excluding hydrogens is 356 g/mol. The van der Waals surface area contributed by atoms with E-state index < -0.39 is 12.0 Å². The quantitative estimate of drug-likeness (QED) is 0.602. The van der Waals surface area contributed by atoms with Gasteiger partial charge in [0.15, 0.2) is 0 Å². The molecule has 0 unspecified atom stereocenters. The van der Waals surface area contributed by atoms with Gasteiger partial charge in [-0.2, -0.15) is 0 Å². The number of ketones is 1. The van der Waals surface area contributed by atoms with Crippen molar-refractivity contribution in [2.45, 2.75) is 44.9 Å². The molecular formula is C18H26N2O3S2. The largest absolute Gasteiger partial charge is 0.480 e. The molecule has 0 bridgehead atoms. The van der Waals surface area contributed by atoms with Crippen molar-refractivity contribution in [3.63, 3.8) is 0 Å². The van der Waals surface area contributed by atoms with Crippen molar-refractivity contribution < 1.29 is 14.7 Å². The molecule has 0 saturated heterocycles.